The van der Waals surface area contributed by atoms with Crippen LogP contribution in [0.25, 0.3) is 0 Å². The maximum Gasteiger partial charge on any atom is 0.573 e. The van der Waals surface area contributed by atoms with Crippen molar-refractivity contribution >= 4 is 17.6 Å². The molecule has 0 aliphatic heterocycles. The maximum atomic E-state index is 12.1. The van der Waals surface area contributed by atoms with Gasteiger partial charge in [0, 0.05) is 5.69 Å². The van der Waals surface area contributed by atoms with Crippen molar-refractivity contribution in [1.29, 1.82) is 0 Å². The lowest BCUT2D eigenvalue weighted by atomic mass is 10.3. The van der Waals surface area contributed by atoms with Gasteiger partial charge in [-0.3, -0.25) is 9.59 Å². The first kappa shape index (κ1) is 21.9. The number of halogens is 3. The summed E-state index contributed by atoms with van der Waals surface area (Å²) in [6, 6.07) is 11.3. The van der Waals surface area contributed by atoms with E-state index < -0.39 is 30.6 Å². The van der Waals surface area contributed by atoms with Crippen LogP contribution in [0.4, 0.5) is 18.9 Å². The minimum Gasteiger partial charge on any atom is -0.497 e. The van der Waals surface area contributed by atoms with Crippen molar-refractivity contribution in [3.05, 3.63) is 48.5 Å². The number of esters is 1. The Morgan fingerprint density at radius 2 is 1.52 bits per heavy atom. The average Bonchev–Trinajstić information content (AvgIpc) is 2.67. The molecular formula is C19H18F3NO6. The van der Waals surface area contributed by atoms with Crippen molar-refractivity contribution in [3.8, 4) is 17.2 Å². The molecule has 0 aliphatic rings. The van der Waals surface area contributed by atoms with Crippen LogP contribution in [-0.2, 0) is 14.3 Å². The molecule has 2 aromatic carbocycles. The summed E-state index contributed by atoms with van der Waals surface area (Å²) < 4.78 is 55.2. The van der Waals surface area contributed by atoms with Gasteiger partial charge in [-0.15, -0.1) is 13.2 Å². The van der Waals surface area contributed by atoms with Crippen molar-refractivity contribution in [3.63, 3.8) is 0 Å². The SMILES string of the molecule is COc1ccc(OCCC(=O)OCC(=O)Nc2ccc(OC(F)(F)F)cc2)cc1. The minimum atomic E-state index is -4.80. The summed E-state index contributed by atoms with van der Waals surface area (Å²) in [5.74, 6) is -0.472. The van der Waals surface area contributed by atoms with E-state index in [1.807, 2.05) is 0 Å². The molecular weight excluding hydrogens is 395 g/mol. The standard InChI is InChI=1S/C19H18F3NO6/c1-26-14-6-8-15(9-7-14)27-11-10-18(25)28-12-17(24)23-13-2-4-16(5-3-13)29-19(20,21)22/h2-9H,10-12H2,1H3,(H,23,24). The van der Waals surface area contributed by atoms with Crippen LogP contribution in [-0.4, -0.2) is 38.6 Å². The number of hydrogen-bond donors (Lipinski definition) is 1. The van der Waals surface area contributed by atoms with E-state index >= 15 is 0 Å². The molecule has 0 atom stereocenters. The van der Waals surface area contributed by atoms with Gasteiger partial charge in [-0.05, 0) is 48.5 Å². The molecule has 0 aromatic heterocycles. The smallest absolute Gasteiger partial charge is 0.497 e. The van der Waals surface area contributed by atoms with Crippen molar-refractivity contribution in [1.82, 2.24) is 0 Å². The Morgan fingerprint density at radius 3 is 2.10 bits per heavy atom. The Labute approximate surface area is 164 Å². The number of alkyl halides is 3. The third-order valence-electron chi connectivity index (χ3n) is 3.37. The third kappa shape index (κ3) is 8.41. The number of benzene rings is 2. The second kappa shape index (κ2) is 10.2. The molecule has 2 aromatic rings. The summed E-state index contributed by atoms with van der Waals surface area (Å²) in [6.45, 7) is -0.477. The Morgan fingerprint density at radius 1 is 0.931 bits per heavy atom. The van der Waals surface area contributed by atoms with Crippen LogP contribution in [0.2, 0.25) is 0 Å². The molecule has 156 valence electrons. The van der Waals surface area contributed by atoms with Crippen LogP contribution in [0.5, 0.6) is 17.2 Å². The van der Waals surface area contributed by atoms with E-state index in [1.165, 1.54) is 12.1 Å². The Balaban J connectivity index is 1.66. The number of rotatable bonds is 9. The van der Waals surface area contributed by atoms with Crippen LogP contribution < -0.4 is 19.5 Å². The Hall–Kier alpha value is -3.43. The maximum absolute atomic E-state index is 12.1. The highest BCUT2D eigenvalue weighted by molar-refractivity contribution is 5.92. The van der Waals surface area contributed by atoms with Gasteiger partial charge in [-0.2, -0.15) is 0 Å². The number of amides is 1. The minimum absolute atomic E-state index is 0.0629. The normalized spacial score (nSPS) is 10.8. The summed E-state index contributed by atoms with van der Waals surface area (Å²) in [5.41, 5.74) is 0.225. The molecule has 10 heteroatoms. The number of methoxy groups -OCH3 is 1. The molecule has 0 fully saturated rings. The summed E-state index contributed by atoms with van der Waals surface area (Å²) in [4.78, 5) is 23.4. The van der Waals surface area contributed by atoms with Crippen molar-refractivity contribution < 1.29 is 41.7 Å². The predicted molar refractivity (Wildman–Crippen MR) is 95.8 cm³/mol. The summed E-state index contributed by atoms with van der Waals surface area (Å²) in [7, 11) is 1.54. The topological polar surface area (TPSA) is 83.1 Å². The van der Waals surface area contributed by atoms with Crippen LogP contribution in [0.1, 0.15) is 6.42 Å². The number of carbonyl (C=O) groups is 2. The highest BCUT2D eigenvalue weighted by atomic mass is 19.4. The summed E-state index contributed by atoms with van der Waals surface area (Å²) in [5, 5.41) is 2.38. The highest BCUT2D eigenvalue weighted by Gasteiger charge is 2.30. The van der Waals surface area contributed by atoms with E-state index in [9.17, 15) is 22.8 Å². The van der Waals surface area contributed by atoms with Gasteiger partial charge in [-0.1, -0.05) is 0 Å². The van der Waals surface area contributed by atoms with Crippen LogP contribution in [0.3, 0.4) is 0 Å². The number of anilines is 1. The first-order valence-corrected chi connectivity index (χ1v) is 8.33. The first-order chi connectivity index (χ1) is 13.7. The Kier molecular flexibility index (Phi) is 7.70. The molecule has 29 heavy (non-hydrogen) atoms. The van der Waals surface area contributed by atoms with E-state index in [1.54, 1.807) is 31.4 Å². The van der Waals surface area contributed by atoms with Gasteiger partial charge in [-0.25, -0.2) is 0 Å². The fourth-order valence-electron chi connectivity index (χ4n) is 2.08. The molecule has 0 bridgehead atoms. The molecule has 0 spiro atoms. The van der Waals surface area contributed by atoms with Gasteiger partial charge < -0.3 is 24.3 Å². The third-order valence-corrected chi connectivity index (χ3v) is 3.37. The zero-order chi connectivity index (χ0) is 21.3. The number of ether oxygens (including phenoxy) is 4. The Bertz CT molecular complexity index is 806. The van der Waals surface area contributed by atoms with Crippen molar-refractivity contribution in [2.75, 3.05) is 25.6 Å². The van der Waals surface area contributed by atoms with Crippen LogP contribution in [0, 0.1) is 0 Å². The molecule has 1 N–H and O–H groups in total. The fourth-order valence-corrected chi connectivity index (χ4v) is 2.08. The van der Waals surface area contributed by atoms with E-state index in [0.29, 0.717) is 11.5 Å². The predicted octanol–water partition coefficient (Wildman–Crippen LogP) is 3.54. The monoisotopic (exact) mass is 413 g/mol. The van der Waals surface area contributed by atoms with Gasteiger partial charge in [0.25, 0.3) is 5.91 Å². The van der Waals surface area contributed by atoms with E-state index in [4.69, 9.17) is 14.2 Å². The number of hydrogen-bond acceptors (Lipinski definition) is 6. The van der Waals surface area contributed by atoms with Gasteiger partial charge in [0.05, 0.1) is 20.1 Å². The molecule has 2 rings (SSSR count). The highest BCUT2D eigenvalue weighted by Crippen LogP contribution is 2.24. The average molecular weight is 413 g/mol. The molecule has 0 unspecified atom stereocenters. The quantitative estimate of drug-likeness (QED) is 0.633. The van der Waals surface area contributed by atoms with Crippen molar-refractivity contribution in [2.45, 2.75) is 12.8 Å². The van der Waals surface area contributed by atoms with Gasteiger partial charge in [0.1, 0.15) is 17.2 Å². The van der Waals surface area contributed by atoms with Gasteiger partial charge in [0.15, 0.2) is 6.61 Å². The summed E-state index contributed by atoms with van der Waals surface area (Å²) in [6.07, 6.45) is -4.86. The second-order valence-electron chi connectivity index (χ2n) is 5.56. The van der Waals surface area contributed by atoms with Gasteiger partial charge >= 0.3 is 12.3 Å². The molecule has 1 amide bonds. The van der Waals surface area contributed by atoms with E-state index in [2.05, 4.69) is 10.1 Å². The lowest BCUT2D eigenvalue weighted by Gasteiger charge is -2.10. The molecule has 0 saturated carbocycles. The summed E-state index contributed by atoms with van der Waals surface area (Å²) >= 11 is 0. The number of nitrogens with one attached hydrogen (secondary N) is 1. The van der Waals surface area contributed by atoms with Crippen molar-refractivity contribution in [2.24, 2.45) is 0 Å². The lowest BCUT2D eigenvalue weighted by Crippen LogP contribution is -2.21. The molecule has 0 radical (unpaired) electrons. The van der Waals surface area contributed by atoms with E-state index in [0.717, 1.165) is 12.1 Å². The molecule has 7 nitrogen and oxygen atoms in total. The van der Waals surface area contributed by atoms with Gasteiger partial charge in [0.2, 0.25) is 0 Å². The zero-order valence-corrected chi connectivity index (χ0v) is 15.3. The van der Waals surface area contributed by atoms with Crippen LogP contribution in [0.15, 0.2) is 48.5 Å². The number of carbonyl (C=O) groups excluding carboxylic acids is 2. The van der Waals surface area contributed by atoms with E-state index in [-0.39, 0.29) is 18.7 Å². The fraction of sp³-hybridized carbons (Fsp3) is 0.263. The lowest BCUT2D eigenvalue weighted by molar-refractivity contribution is -0.274. The molecule has 0 aliphatic carbocycles. The molecule has 0 heterocycles. The second-order valence-corrected chi connectivity index (χ2v) is 5.56. The molecule has 0 saturated heterocycles. The largest absolute Gasteiger partial charge is 0.573 e. The van der Waals surface area contributed by atoms with Crippen LogP contribution >= 0.6 is 0 Å². The zero-order valence-electron chi connectivity index (χ0n) is 15.3. The first-order valence-electron chi connectivity index (χ1n) is 8.33.